The van der Waals surface area contributed by atoms with E-state index in [0.717, 1.165) is 16.0 Å². The molecule has 0 saturated carbocycles. The van der Waals surface area contributed by atoms with Crippen LogP contribution in [0, 0.1) is 0 Å². The lowest BCUT2D eigenvalue weighted by atomic mass is 9.77. The van der Waals surface area contributed by atoms with Crippen molar-refractivity contribution in [2.24, 2.45) is 0 Å². The van der Waals surface area contributed by atoms with Gasteiger partial charge in [-0.1, -0.05) is 0 Å². The van der Waals surface area contributed by atoms with Crippen LogP contribution >= 0.6 is 0 Å². The molecule has 184 valence electrons. The van der Waals surface area contributed by atoms with Gasteiger partial charge in [0.2, 0.25) is 5.91 Å². The van der Waals surface area contributed by atoms with Crippen molar-refractivity contribution in [3.8, 4) is 23.0 Å². The maximum atomic E-state index is 13.2. The third-order valence-corrected chi connectivity index (χ3v) is 6.36. The summed E-state index contributed by atoms with van der Waals surface area (Å²) in [5.74, 6) is -0.551. The van der Waals surface area contributed by atoms with E-state index >= 15 is 0 Å². The zero-order chi connectivity index (χ0) is 32.8. The minimum Gasteiger partial charge on any atom is -0.493 e. The lowest BCUT2D eigenvalue weighted by Crippen LogP contribution is -2.36. The van der Waals surface area contributed by atoms with Crippen LogP contribution in [0.15, 0.2) is 24.3 Å². The number of methoxy groups -OCH3 is 4. The summed E-state index contributed by atoms with van der Waals surface area (Å²) < 4.78 is 100. The third kappa shape index (κ3) is 4.94. The molecule has 0 radical (unpaired) electrons. The van der Waals surface area contributed by atoms with Gasteiger partial charge in [0.15, 0.2) is 23.0 Å². The molecule has 2 aliphatic rings. The highest BCUT2D eigenvalue weighted by Crippen LogP contribution is 2.42. The Balaban J connectivity index is 1.47. The van der Waals surface area contributed by atoms with Gasteiger partial charge in [0, 0.05) is 31.0 Å². The number of likely N-dealkylation sites (N-methyl/N-ethyl adjacent to an activating group) is 1. The predicted octanol–water partition coefficient (Wildman–Crippen LogP) is 3.31. The molecular formula is C27H36N2O5. The molecule has 1 aliphatic carbocycles. The van der Waals surface area contributed by atoms with Crippen LogP contribution < -0.4 is 18.9 Å². The molecule has 0 spiro atoms. The number of hydrogen-bond donors (Lipinski definition) is 0. The molecule has 1 aliphatic heterocycles. The number of benzene rings is 2. The maximum Gasteiger partial charge on any atom is 0.227 e. The first-order valence-electron chi connectivity index (χ1n) is 16.1. The SMILES string of the molecule is [2H]C([2H])([2H])Oc1cc2c(cc1OC([2H])([2H])[2H])CC(=O)N(CCC([2H])([2H])N(C)C([2H])([2H])C1Cc3cc(OC)c(OC)cc31)CC2. The van der Waals surface area contributed by atoms with Gasteiger partial charge in [-0.15, -0.1) is 0 Å². The Kier molecular flexibility index (Phi) is 4.49. The molecule has 1 atom stereocenters. The van der Waals surface area contributed by atoms with Gasteiger partial charge in [-0.05, 0) is 79.3 Å². The minimum absolute atomic E-state index is 0.0101. The average molecular weight is 479 g/mol. The highest BCUT2D eigenvalue weighted by atomic mass is 16.5. The Bertz CT molecular complexity index is 1400. The standard InChI is InChI=1S/C27H36N2O5/c1-28(17-21-11-20-14-25(33-4)26(34-5)16-22(20)21)8-6-9-29-10-7-18-12-23(31-2)24(32-3)13-19(18)15-27(29)30/h12-14,16,21H,6-11,15,17H2,1-5H3/i2D3,3D3,8D2,17D2. The summed E-state index contributed by atoms with van der Waals surface area (Å²) >= 11 is 0. The summed E-state index contributed by atoms with van der Waals surface area (Å²) in [6.07, 6.45) is 0.339. The summed E-state index contributed by atoms with van der Waals surface area (Å²) in [5.41, 5.74) is 2.64. The van der Waals surface area contributed by atoms with E-state index in [2.05, 4.69) is 0 Å². The Labute approximate surface area is 216 Å². The quantitative estimate of drug-likeness (QED) is 0.522. The van der Waals surface area contributed by atoms with Crippen molar-refractivity contribution >= 4 is 5.91 Å². The Hall–Kier alpha value is -2.93. The van der Waals surface area contributed by atoms with E-state index in [1.807, 2.05) is 0 Å². The fourth-order valence-corrected chi connectivity index (χ4v) is 4.48. The van der Waals surface area contributed by atoms with E-state index in [9.17, 15) is 4.79 Å². The van der Waals surface area contributed by atoms with Gasteiger partial charge in [0.05, 0.1) is 42.9 Å². The zero-order valence-corrected chi connectivity index (χ0v) is 19.6. The van der Waals surface area contributed by atoms with Crippen molar-refractivity contribution in [3.63, 3.8) is 0 Å². The molecule has 7 heteroatoms. The molecule has 0 bridgehead atoms. The lowest BCUT2D eigenvalue weighted by molar-refractivity contribution is -0.130. The molecular weight excluding hydrogens is 432 g/mol. The summed E-state index contributed by atoms with van der Waals surface area (Å²) in [6, 6.07) is 6.18. The molecule has 2 aromatic rings. The molecule has 0 aromatic heterocycles. The van der Waals surface area contributed by atoms with Crippen LogP contribution in [-0.4, -0.2) is 77.1 Å². The van der Waals surface area contributed by atoms with Gasteiger partial charge in [0.1, 0.15) is 0 Å². The number of nitrogens with zero attached hydrogens (tertiary/aromatic N) is 2. The predicted molar refractivity (Wildman–Crippen MR) is 132 cm³/mol. The van der Waals surface area contributed by atoms with Crippen molar-refractivity contribution in [1.82, 2.24) is 9.80 Å². The van der Waals surface area contributed by atoms with E-state index in [1.54, 1.807) is 12.1 Å². The minimum atomic E-state index is -2.88. The van der Waals surface area contributed by atoms with E-state index in [4.69, 9.17) is 32.7 Å². The molecule has 1 unspecified atom stereocenters. The lowest BCUT2D eigenvalue weighted by Gasteiger charge is -2.34. The summed E-state index contributed by atoms with van der Waals surface area (Å²) in [4.78, 5) is 15.7. The van der Waals surface area contributed by atoms with Gasteiger partial charge < -0.3 is 28.7 Å². The van der Waals surface area contributed by atoms with Crippen LogP contribution in [-0.2, 0) is 24.1 Å². The fraction of sp³-hybridized carbons (Fsp3) is 0.519. The number of rotatable bonds is 10. The second-order valence-electron chi connectivity index (χ2n) is 8.34. The van der Waals surface area contributed by atoms with E-state index in [-0.39, 0.29) is 49.8 Å². The monoisotopic (exact) mass is 478 g/mol. The number of carbonyl (C=O) groups is 1. The molecule has 34 heavy (non-hydrogen) atoms. The first-order valence-corrected chi connectivity index (χ1v) is 11.1. The van der Waals surface area contributed by atoms with Crippen LogP contribution in [0.3, 0.4) is 0 Å². The van der Waals surface area contributed by atoms with Crippen molar-refractivity contribution in [3.05, 3.63) is 46.5 Å². The van der Waals surface area contributed by atoms with Crippen LogP contribution in [0.1, 0.15) is 48.3 Å². The van der Waals surface area contributed by atoms with Crippen LogP contribution in [0.2, 0.25) is 0 Å². The number of carbonyl (C=O) groups excluding carboxylic acids is 1. The molecule has 7 nitrogen and oxygen atoms in total. The molecule has 0 fully saturated rings. The second kappa shape index (κ2) is 10.6. The Morgan fingerprint density at radius 3 is 2.35 bits per heavy atom. The molecule has 1 amide bonds. The summed E-state index contributed by atoms with van der Waals surface area (Å²) in [6.45, 7) is -4.02. The van der Waals surface area contributed by atoms with E-state index in [1.165, 1.54) is 38.3 Å². The largest absolute Gasteiger partial charge is 0.493 e. The normalized spacial score (nSPS) is 22.9. The van der Waals surface area contributed by atoms with Gasteiger partial charge >= 0.3 is 0 Å². The van der Waals surface area contributed by atoms with E-state index < -0.39 is 33.0 Å². The van der Waals surface area contributed by atoms with Gasteiger partial charge in [-0.2, -0.15) is 0 Å². The fourth-order valence-electron chi connectivity index (χ4n) is 4.48. The Morgan fingerprint density at radius 1 is 1.00 bits per heavy atom. The molecule has 4 rings (SSSR count). The third-order valence-electron chi connectivity index (χ3n) is 6.36. The topological polar surface area (TPSA) is 60.5 Å². The van der Waals surface area contributed by atoms with Gasteiger partial charge in [-0.3, -0.25) is 4.79 Å². The average Bonchev–Trinajstić information content (AvgIpc) is 3.03. The number of fused-ring (bicyclic) bond motifs is 2. The van der Waals surface area contributed by atoms with Crippen LogP contribution in [0.5, 0.6) is 23.0 Å². The highest BCUT2D eigenvalue weighted by Gasteiger charge is 2.29. The maximum absolute atomic E-state index is 13.2. The number of amides is 1. The molecule has 2 aromatic carbocycles. The number of hydrogen-bond acceptors (Lipinski definition) is 6. The van der Waals surface area contributed by atoms with Crippen LogP contribution in [0.4, 0.5) is 0 Å². The molecule has 0 saturated heterocycles. The van der Waals surface area contributed by atoms with Gasteiger partial charge in [0.25, 0.3) is 0 Å². The Morgan fingerprint density at radius 2 is 1.65 bits per heavy atom. The van der Waals surface area contributed by atoms with Crippen molar-refractivity contribution in [2.75, 3.05) is 61.4 Å². The van der Waals surface area contributed by atoms with Crippen molar-refractivity contribution in [2.45, 2.75) is 31.6 Å². The van der Waals surface area contributed by atoms with Gasteiger partial charge in [-0.25, -0.2) is 0 Å². The second-order valence-corrected chi connectivity index (χ2v) is 8.34. The van der Waals surface area contributed by atoms with Crippen molar-refractivity contribution < 1.29 is 37.4 Å². The zero-order valence-electron chi connectivity index (χ0n) is 29.6. The molecule has 0 N–H and O–H groups in total. The first kappa shape index (κ1) is 14.5. The smallest absolute Gasteiger partial charge is 0.227 e. The molecule has 1 heterocycles. The summed E-state index contributed by atoms with van der Waals surface area (Å²) in [5, 5.41) is 0. The van der Waals surface area contributed by atoms with E-state index in [0.29, 0.717) is 29.0 Å². The first-order chi connectivity index (χ1) is 20.3. The summed E-state index contributed by atoms with van der Waals surface area (Å²) in [7, 11) is -1.35. The highest BCUT2D eigenvalue weighted by molar-refractivity contribution is 5.80. The van der Waals surface area contributed by atoms with Crippen molar-refractivity contribution in [1.29, 1.82) is 0 Å². The van der Waals surface area contributed by atoms with Crippen LogP contribution in [0.25, 0.3) is 0 Å². The number of ether oxygens (including phenoxy) is 4.